The lowest BCUT2D eigenvalue weighted by molar-refractivity contribution is 0.474. The van der Waals surface area contributed by atoms with Crippen molar-refractivity contribution in [2.75, 3.05) is 5.73 Å². The summed E-state index contributed by atoms with van der Waals surface area (Å²) in [5, 5.41) is 0. The van der Waals surface area contributed by atoms with Crippen LogP contribution in [0.3, 0.4) is 0 Å². The second-order valence-corrected chi connectivity index (χ2v) is 5.51. The highest BCUT2D eigenvalue weighted by atomic mass is 16.5. The minimum Gasteiger partial charge on any atom is -0.457 e. The van der Waals surface area contributed by atoms with Gasteiger partial charge in [-0.25, -0.2) is 0 Å². The maximum absolute atomic E-state index is 6.10. The number of ether oxygens (including phenoxy) is 1. The number of nitrogen functional groups attached to an aromatic ring is 1. The summed E-state index contributed by atoms with van der Waals surface area (Å²) in [6, 6.07) is 11.8. The highest BCUT2D eigenvalue weighted by Gasteiger charge is 2.12. The van der Waals surface area contributed by atoms with Crippen molar-refractivity contribution in [1.82, 2.24) is 0 Å². The minimum atomic E-state index is 0.756. The van der Waals surface area contributed by atoms with Crippen molar-refractivity contribution in [3.05, 3.63) is 53.1 Å². The van der Waals surface area contributed by atoms with Crippen LogP contribution in [0.4, 0.5) is 5.69 Å². The Kier molecular flexibility index (Phi) is 5.26. The fourth-order valence-electron chi connectivity index (χ4n) is 2.67. The molecule has 2 rings (SSSR count). The van der Waals surface area contributed by atoms with Crippen LogP contribution in [0.2, 0.25) is 0 Å². The van der Waals surface area contributed by atoms with Crippen molar-refractivity contribution in [1.29, 1.82) is 0 Å². The lowest BCUT2D eigenvalue weighted by atomic mass is 9.94. The molecule has 2 aromatic rings. The van der Waals surface area contributed by atoms with Gasteiger partial charge in [0.15, 0.2) is 0 Å². The highest BCUT2D eigenvalue weighted by molar-refractivity contribution is 5.48. The maximum Gasteiger partial charge on any atom is 0.130 e. The molecule has 0 unspecified atom stereocenters. The molecule has 0 heterocycles. The summed E-state index contributed by atoms with van der Waals surface area (Å²) in [7, 11) is 0. The van der Waals surface area contributed by atoms with Crippen LogP contribution in [-0.4, -0.2) is 0 Å². The van der Waals surface area contributed by atoms with Crippen molar-refractivity contribution >= 4 is 5.69 Å². The van der Waals surface area contributed by atoms with Gasteiger partial charge in [-0.2, -0.15) is 0 Å². The van der Waals surface area contributed by atoms with E-state index in [2.05, 4.69) is 32.9 Å². The summed E-state index contributed by atoms with van der Waals surface area (Å²) in [6.07, 6.45) is 4.45. The zero-order chi connectivity index (χ0) is 15.2. The standard InChI is InChI=1S/C19H25NO/c1-4-6-17-14(3)8-13-19(18(17)7-5-2)21-16-11-9-15(20)10-12-16/h8-13H,4-7,20H2,1-3H3. The van der Waals surface area contributed by atoms with Crippen molar-refractivity contribution < 1.29 is 4.74 Å². The molecule has 2 nitrogen and oxygen atoms in total. The van der Waals surface area contributed by atoms with Crippen molar-refractivity contribution in [3.8, 4) is 11.5 Å². The van der Waals surface area contributed by atoms with Crippen molar-refractivity contribution in [2.24, 2.45) is 0 Å². The summed E-state index contributed by atoms with van der Waals surface area (Å²) in [5.74, 6) is 1.82. The monoisotopic (exact) mass is 283 g/mol. The smallest absolute Gasteiger partial charge is 0.130 e. The van der Waals surface area contributed by atoms with E-state index in [9.17, 15) is 0 Å². The Morgan fingerprint density at radius 1 is 0.857 bits per heavy atom. The molecule has 0 aliphatic rings. The van der Waals surface area contributed by atoms with E-state index in [1.54, 1.807) is 0 Å². The molecule has 2 heteroatoms. The first-order valence-electron chi connectivity index (χ1n) is 7.80. The molecular formula is C19H25NO. The quantitative estimate of drug-likeness (QED) is 0.732. The van der Waals surface area contributed by atoms with Gasteiger partial charge < -0.3 is 10.5 Å². The van der Waals surface area contributed by atoms with Crippen LogP contribution in [0, 0.1) is 6.92 Å². The topological polar surface area (TPSA) is 35.2 Å². The molecule has 112 valence electrons. The van der Waals surface area contributed by atoms with Gasteiger partial charge >= 0.3 is 0 Å². The molecule has 2 aromatic carbocycles. The lowest BCUT2D eigenvalue weighted by Gasteiger charge is -2.17. The first-order valence-corrected chi connectivity index (χ1v) is 7.80. The SMILES string of the molecule is CCCc1c(C)ccc(Oc2ccc(N)cc2)c1CCC. The number of nitrogens with two attached hydrogens (primary N) is 1. The van der Waals surface area contributed by atoms with Crippen molar-refractivity contribution in [2.45, 2.75) is 46.5 Å². The Morgan fingerprint density at radius 2 is 1.48 bits per heavy atom. The van der Waals surface area contributed by atoms with Crippen LogP contribution in [0.25, 0.3) is 0 Å². The summed E-state index contributed by atoms with van der Waals surface area (Å²) in [5.41, 5.74) is 10.7. The average molecular weight is 283 g/mol. The summed E-state index contributed by atoms with van der Waals surface area (Å²) >= 11 is 0. The number of anilines is 1. The van der Waals surface area contributed by atoms with E-state index in [1.807, 2.05) is 24.3 Å². The molecule has 0 bridgehead atoms. The van der Waals surface area contributed by atoms with E-state index in [4.69, 9.17) is 10.5 Å². The van der Waals surface area contributed by atoms with E-state index < -0.39 is 0 Å². The minimum absolute atomic E-state index is 0.756. The first-order chi connectivity index (χ1) is 10.2. The average Bonchev–Trinajstić information content (AvgIpc) is 2.48. The summed E-state index contributed by atoms with van der Waals surface area (Å²) in [4.78, 5) is 0. The third kappa shape index (κ3) is 3.78. The molecular weight excluding hydrogens is 258 g/mol. The first kappa shape index (κ1) is 15.4. The number of hydrogen-bond donors (Lipinski definition) is 1. The normalized spacial score (nSPS) is 10.6. The zero-order valence-electron chi connectivity index (χ0n) is 13.3. The Hall–Kier alpha value is -1.96. The third-order valence-electron chi connectivity index (χ3n) is 3.73. The molecule has 0 radical (unpaired) electrons. The van der Waals surface area contributed by atoms with Gasteiger partial charge in [0.25, 0.3) is 0 Å². The molecule has 0 atom stereocenters. The lowest BCUT2D eigenvalue weighted by Crippen LogP contribution is -2.01. The predicted octanol–water partition coefficient (Wildman–Crippen LogP) is 5.27. The van der Waals surface area contributed by atoms with Crippen LogP contribution in [0.15, 0.2) is 36.4 Å². The van der Waals surface area contributed by atoms with Crippen LogP contribution in [0.5, 0.6) is 11.5 Å². The third-order valence-corrected chi connectivity index (χ3v) is 3.73. The Bertz CT molecular complexity index is 587. The number of rotatable bonds is 6. The largest absolute Gasteiger partial charge is 0.457 e. The molecule has 0 aliphatic heterocycles. The van der Waals surface area contributed by atoms with E-state index in [0.717, 1.165) is 42.9 Å². The fraction of sp³-hybridized carbons (Fsp3) is 0.368. The molecule has 0 saturated heterocycles. The van der Waals surface area contributed by atoms with E-state index in [1.165, 1.54) is 16.7 Å². The second kappa shape index (κ2) is 7.16. The van der Waals surface area contributed by atoms with Crippen LogP contribution in [-0.2, 0) is 12.8 Å². The highest BCUT2D eigenvalue weighted by Crippen LogP contribution is 2.32. The Morgan fingerprint density at radius 3 is 2.10 bits per heavy atom. The van der Waals surface area contributed by atoms with Gasteiger partial charge in [0.1, 0.15) is 11.5 Å². The van der Waals surface area contributed by atoms with Gasteiger partial charge in [0.2, 0.25) is 0 Å². The molecule has 0 aromatic heterocycles. The zero-order valence-corrected chi connectivity index (χ0v) is 13.3. The fourth-order valence-corrected chi connectivity index (χ4v) is 2.67. The van der Waals surface area contributed by atoms with E-state index in [-0.39, 0.29) is 0 Å². The van der Waals surface area contributed by atoms with Gasteiger partial charge in [-0.15, -0.1) is 0 Å². The molecule has 2 N–H and O–H groups in total. The van der Waals surface area contributed by atoms with Gasteiger partial charge in [-0.1, -0.05) is 32.8 Å². The van der Waals surface area contributed by atoms with Gasteiger partial charge in [-0.05, 0) is 66.8 Å². The Labute approximate surface area is 127 Å². The predicted molar refractivity (Wildman–Crippen MR) is 90.1 cm³/mol. The van der Waals surface area contributed by atoms with Crippen LogP contribution >= 0.6 is 0 Å². The molecule has 0 spiro atoms. The number of hydrogen-bond acceptors (Lipinski definition) is 2. The molecule has 0 fully saturated rings. The van der Waals surface area contributed by atoms with Gasteiger partial charge in [-0.3, -0.25) is 0 Å². The number of benzene rings is 2. The van der Waals surface area contributed by atoms with Crippen LogP contribution < -0.4 is 10.5 Å². The molecule has 21 heavy (non-hydrogen) atoms. The van der Waals surface area contributed by atoms with E-state index in [0.29, 0.717) is 0 Å². The van der Waals surface area contributed by atoms with Gasteiger partial charge in [0, 0.05) is 5.69 Å². The Balaban J connectivity index is 2.37. The number of aryl methyl sites for hydroxylation is 1. The van der Waals surface area contributed by atoms with Gasteiger partial charge in [0.05, 0.1) is 0 Å². The summed E-state index contributed by atoms with van der Waals surface area (Å²) in [6.45, 7) is 6.63. The van der Waals surface area contributed by atoms with Crippen LogP contribution in [0.1, 0.15) is 43.4 Å². The molecule has 0 aliphatic carbocycles. The molecule has 0 saturated carbocycles. The maximum atomic E-state index is 6.10. The molecule has 0 amide bonds. The summed E-state index contributed by atoms with van der Waals surface area (Å²) < 4.78 is 6.10. The van der Waals surface area contributed by atoms with E-state index >= 15 is 0 Å². The second-order valence-electron chi connectivity index (χ2n) is 5.51. The van der Waals surface area contributed by atoms with Crippen molar-refractivity contribution in [3.63, 3.8) is 0 Å².